The van der Waals surface area contributed by atoms with Gasteiger partial charge < -0.3 is 25.6 Å². The topological polar surface area (TPSA) is 117 Å². The van der Waals surface area contributed by atoms with Gasteiger partial charge in [0.2, 0.25) is 11.9 Å². The van der Waals surface area contributed by atoms with Crippen molar-refractivity contribution >= 4 is 47.0 Å². The Balaban J connectivity index is 1.53. The Kier molecular flexibility index (Phi) is 8.85. The number of benzene rings is 1. The molecule has 2 aliphatic rings. The van der Waals surface area contributed by atoms with Gasteiger partial charge in [-0.3, -0.25) is 9.69 Å². The van der Waals surface area contributed by atoms with Crippen molar-refractivity contribution in [3.05, 3.63) is 45.1 Å². The van der Waals surface area contributed by atoms with Crippen molar-refractivity contribution in [1.82, 2.24) is 19.8 Å². The third-order valence-corrected chi connectivity index (χ3v) is 7.06. The predicted octanol–water partition coefficient (Wildman–Crippen LogP) is 3.69. The van der Waals surface area contributed by atoms with Crippen molar-refractivity contribution in [3.63, 3.8) is 0 Å². The molecule has 2 amide bonds. The van der Waals surface area contributed by atoms with Crippen LogP contribution in [-0.4, -0.2) is 76.6 Å². The number of aromatic nitrogens is 2. The van der Waals surface area contributed by atoms with Gasteiger partial charge in [0.15, 0.2) is 0 Å². The zero-order valence-electron chi connectivity index (χ0n) is 22.1. The number of rotatable bonds is 7. The van der Waals surface area contributed by atoms with Crippen molar-refractivity contribution in [3.8, 4) is 0 Å². The number of nitrogens with two attached hydrogens (primary N) is 1. The van der Waals surface area contributed by atoms with Gasteiger partial charge in [-0.15, -0.1) is 0 Å². The molecule has 0 spiro atoms. The number of amides is 2. The molecule has 1 fully saturated rings. The Labute approximate surface area is 233 Å². The number of ether oxygens (including phenoxy) is 1. The lowest BCUT2D eigenvalue weighted by molar-refractivity contribution is -0.118. The second-order valence-corrected chi connectivity index (χ2v) is 11.4. The van der Waals surface area contributed by atoms with E-state index >= 15 is 0 Å². The van der Waals surface area contributed by atoms with E-state index in [1.165, 1.54) is 0 Å². The summed E-state index contributed by atoms with van der Waals surface area (Å²) in [5, 5.41) is 4.62. The molecular weight excluding hydrogens is 529 g/mol. The highest BCUT2D eigenvalue weighted by molar-refractivity contribution is 6.35. The summed E-state index contributed by atoms with van der Waals surface area (Å²) >= 11 is 12.5. The first-order chi connectivity index (χ1) is 18.0. The largest absolute Gasteiger partial charge is 0.444 e. The number of primary amides is 1. The van der Waals surface area contributed by atoms with Crippen LogP contribution in [0.4, 0.5) is 16.6 Å². The SMILES string of the molecule is CC(C)(C)OC(=O)N1CCN(c2nc3c(c(NCc4ccc(Cl)cc4Cl)n2)CN(CCC(N)=O)CC3)CC1. The van der Waals surface area contributed by atoms with Gasteiger partial charge in [0, 0.05) is 80.8 Å². The Morgan fingerprint density at radius 3 is 2.50 bits per heavy atom. The molecule has 12 heteroatoms. The highest BCUT2D eigenvalue weighted by atomic mass is 35.5. The van der Waals surface area contributed by atoms with Crippen LogP contribution in [0, 0.1) is 0 Å². The van der Waals surface area contributed by atoms with Crippen molar-refractivity contribution < 1.29 is 14.3 Å². The van der Waals surface area contributed by atoms with E-state index in [4.69, 9.17) is 43.6 Å². The van der Waals surface area contributed by atoms with E-state index in [0.29, 0.717) is 68.2 Å². The molecule has 0 saturated carbocycles. The molecule has 1 aromatic heterocycles. The zero-order valence-corrected chi connectivity index (χ0v) is 23.6. The molecule has 0 atom stereocenters. The summed E-state index contributed by atoms with van der Waals surface area (Å²) in [6.07, 6.45) is 0.735. The normalized spacial score (nSPS) is 16.2. The fraction of sp³-hybridized carbons (Fsp3) is 0.538. The number of nitrogens with zero attached hydrogens (tertiary/aromatic N) is 5. The minimum Gasteiger partial charge on any atom is -0.444 e. The van der Waals surface area contributed by atoms with Crippen LogP contribution in [-0.2, 0) is 29.0 Å². The van der Waals surface area contributed by atoms with Gasteiger partial charge in [-0.2, -0.15) is 4.98 Å². The third-order valence-electron chi connectivity index (χ3n) is 6.48. The van der Waals surface area contributed by atoms with E-state index in [1.807, 2.05) is 26.8 Å². The first-order valence-corrected chi connectivity index (χ1v) is 13.6. The van der Waals surface area contributed by atoms with E-state index in [9.17, 15) is 9.59 Å². The number of carbonyl (C=O) groups is 2. The lowest BCUT2D eigenvalue weighted by atomic mass is 10.1. The monoisotopic (exact) mass is 563 g/mol. The maximum absolute atomic E-state index is 12.5. The predicted molar refractivity (Wildman–Crippen MR) is 149 cm³/mol. The van der Waals surface area contributed by atoms with Gasteiger partial charge in [-0.05, 0) is 38.5 Å². The number of halogens is 2. The van der Waals surface area contributed by atoms with Crippen molar-refractivity contribution in [2.75, 3.05) is 49.5 Å². The summed E-state index contributed by atoms with van der Waals surface area (Å²) in [5.74, 6) is 1.04. The van der Waals surface area contributed by atoms with Crippen LogP contribution in [0.15, 0.2) is 18.2 Å². The summed E-state index contributed by atoms with van der Waals surface area (Å²) in [6.45, 7) is 10.3. The molecule has 2 aliphatic heterocycles. The van der Waals surface area contributed by atoms with Crippen molar-refractivity contribution in [2.45, 2.75) is 52.3 Å². The van der Waals surface area contributed by atoms with Gasteiger partial charge in [0.05, 0.1) is 5.69 Å². The molecule has 4 rings (SSSR count). The standard InChI is InChI=1S/C26H35Cl2N7O3/c1-26(2,3)38-25(37)35-12-10-34(11-13-35)24-31-21-6-8-33(9-7-22(29)36)16-19(21)23(32-24)30-15-17-4-5-18(27)14-20(17)28/h4-5,14H,6-13,15-16H2,1-3H3,(H2,29,36)(H,30,31,32). The first kappa shape index (κ1) is 28.2. The number of anilines is 2. The number of hydrogen-bond acceptors (Lipinski definition) is 8. The van der Waals surface area contributed by atoms with Gasteiger partial charge in [-0.1, -0.05) is 29.3 Å². The minimum absolute atomic E-state index is 0.304. The number of carbonyl (C=O) groups excluding carboxylic acids is 2. The van der Waals surface area contributed by atoms with Crippen LogP contribution in [0.1, 0.15) is 44.0 Å². The molecular formula is C26H35Cl2N7O3. The van der Waals surface area contributed by atoms with Crippen molar-refractivity contribution in [1.29, 1.82) is 0 Å². The summed E-state index contributed by atoms with van der Waals surface area (Å²) in [5.41, 5.74) is 7.72. The van der Waals surface area contributed by atoms with E-state index < -0.39 is 5.60 Å². The molecule has 3 heterocycles. The van der Waals surface area contributed by atoms with Crippen LogP contribution in [0.5, 0.6) is 0 Å². The lowest BCUT2D eigenvalue weighted by Crippen LogP contribution is -2.50. The molecule has 2 aromatic rings. The zero-order chi connectivity index (χ0) is 27.4. The lowest BCUT2D eigenvalue weighted by Gasteiger charge is -2.36. The quantitative estimate of drug-likeness (QED) is 0.523. The fourth-order valence-electron chi connectivity index (χ4n) is 4.46. The Hall–Kier alpha value is -2.82. The fourth-order valence-corrected chi connectivity index (χ4v) is 4.94. The Bertz CT molecular complexity index is 1180. The maximum Gasteiger partial charge on any atom is 0.410 e. The van der Waals surface area contributed by atoms with E-state index in [-0.39, 0.29) is 12.0 Å². The van der Waals surface area contributed by atoms with Crippen LogP contribution in [0.2, 0.25) is 10.0 Å². The van der Waals surface area contributed by atoms with Crippen molar-refractivity contribution in [2.24, 2.45) is 5.73 Å². The number of piperazine rings is 1. The molecule has 1 saturated heterocycles. The number of hydrogen-bond donors (Lipinski definition) is 2. The number of fused-ring (bicyclic) bond motifs is 1. The molecule has 1 aromatic carbocycles. The average Bonchev–Trinajstić information content (AvgIpc) is 2.85. The second-order valence-electron chi connectivity index (χ2n) is 10.6. The molecule has 0 radical (unpaired) electrons. The molecule has 0 aliphatic carbocycles. The van der Waals surface area contributed by atoms with E-state index in [1.54, 1.807) is 17.0 Å². The summed E-state index contributed by atoms with van der Waals surface area (Å²) in [6, 6.07) is 5.42. The van der Waals surface area contributed by atoms with Gasteiger partial charge in [-0.25, -0.2) is 9.78 Å². The smallest absolute Gasteiger partial charge is 0.410 e. The Morgan fingerprint density at radius 1 is 1.11 bits per heavy atom. The summed E-state index contributed by atoms with van der Waals surface area (Å²) < 4.78 is 5.52. The summed E-state index contributed by atoms with van der Waals surface area (Å²) in [7, 11) is 0. The maximum atomic E-state index is 12.5. The molecule has 206 valence electrons. The van der Waals surface area contributed by atoms with E-state index in [0.717, 1.165) is 35.6 Å². The van der Waals surface area contributed by atoms with Crippen LogP contribution in [0.25, 0.3) is 0 Å². The van der Waals surface area contributed by atoms with Gasteiger partial charge in [0.25, 0.3) is 0 Å². The highest BCUT2D eigenvalue weighted by Crippen LogP contribution is 2.29. The average molecular weight is 565 g/mol. The molecule has 38 heavy (non-hydrogen) atoms. The molecule has 0 bridgehead atoms. The minimum atomic E-state index is -0.533. The van der Waals surface area contributed by atoms with Gasteiger partial charge >= 0.3 is 6.09 Å². The van der Waals surface area contributed by atoms with Crippen LogP contribution >= 0.6 is 23.2 Å². The van der Waals surface area contributed by atoms with Crippen LogP contribution < -0.4 is 16.0 Å². The molecule has 0 unspecified atom stereocenters. The Morgan fingerprint density at radius 2 is 1.84 bits per heavy atom. The number of nitrogens with one attached hydrogen (secondary N) is 1. The van der Waals surface area contributed by atoms with Gasteiger partial charge in [0.1, 0.15) is 11.4 Å². The highest BCUT2D eigenvalue weighted by Gasteiger charge is 2.29. The second kappa shape index (κ2) is 11.9. The third kappa shape index (κ3) is 7.39. The van der Waals surface area contributed by atoms with Crippen LogP contribution in [0.3, 0.4) is 0 Å². The first-order valence-electron chi connectivity index (χ1n) is 12.8. The van der Waals surface area contributed by atoms with E-state index in [2.05, 4.69) is 15.1 Å². The summed E-state index contributed by atoms with van der Waals surface area (Å²) in [4.78, 5) is 39.7. The molecule has 3 N–H and O–H groups in total. The molecule has 10 nitrogen and oxygen atoms in total.